The van der Waals surface area contributed by atoms with Gasteiger partial charge in [-0.2, -0.15) is 0 Å². The van der Waals surface area contributed by atoms with Gasteiger partial charge < -0.3 is 15.1 Å². The molecule has 0 saturated heterocycles. The molecule has 0 radical (unpaired) electrons. The van der Waals surface area contributed by atoms with Crippen LogP contribution in [0, 0.1) is 13.8 Å². The lowest BCUT2D eigenvalue weighted by Crippen LogP contribution is -2.15. The molecule has 2 aromatic carbocycles. The van der Waals surface area contributed by atoms with Gasteiger partial charge in [0.05, 0.1) is 11.4 Å². The maximum atomic E-state index is 12.7. The van der Waals surface area contributed by atoms with Crippen molar-refractivity contribution in [2.75, 3.05) is 10.6 Å². The Kier molecular flexibility index (Phi) is 4.63. The van der Waals surface area contributed by atoms with Gasteiger partial charge in [0.2, 0.25) is 5.91 Å². The number of benzene rings is 2. The Labute approximate surface area is 153 Å². The SMILES string of the molecule is CC(=O)Nc1ccc(C)cc1NC(=O)c1oc2ccc(Br)cc2c1C. The average Bonchev–Trinajstić information content (AvgIpc) is 2.86. The smallest absolute Gasteiger partial charge is 0.291 e. The van der Waals surface area contributed by atoms with Gasteiger partial charge in [0.1, 0.15) is 5.58 Å². The van der Waals surface area contributed by atoms with Gasteiger partial charge in [-0.1, -0.05) is 22.0 Å². The monoisotopic (exact) mass is 400 g/mol. The molecule has 128 valence electrons. The van der Waals surface area contributed by atoms with E-state index < -0.39 is 0 Å². The van der Waals surface area contributed by atoms with Crippen molar-refractivity contribution in [3.8, 4) is 0 Å². The first-order chi connectivity index (χ1) is 11.8. The molecule has 0 fully saturated rings. The molecular weight excluding hydrogens is 384 g/mol. The van der Waals surface area contributed by atoms with Gasteiger partial charge in [0.15, 0.2) is 5.76 Å². The van der Waals surface area contributed by atoms with Crippen LogP contribution >= 0.6 is 15.9 Å². The van der Waals surface area contributed by atoms with E-state index in [9.17, 15) is 9.59 Å². The predicted octanol–water partition coefficient (Wildman–Crippen LogP) is 5.02. The molecule has 2 N–H and O–H groups in total. The summed E-state index contributed by atoms with van der Waals surface area (Å²) in [5.41, 5.74) is 3.46. The quantitative estimate of drug-likeness (QED) is 0.647. The summed E-state index contributed by atoms with van der Waals surface area (Å²) in [4.78, 5) is 24.1. The third-order valence-electron chi connectivity index (χ3n) is 3.84. The number of carbonyl (C=O) groups excluding carboxylic acids is 2. The molecule has 0 aliphatic carbocycles. The van der Waals surface area contributed by atoms with Crippen molar-refractivity contribution in [1.29, 1.82) is 0 Å². The number of furan rings is 1. The van der Waals surface area contributed by atoms with E-state index in [2.05, 4.69) is 26.6 Å². The number of anilines is 2. The molecule has 0 unspecified atom stereocenters. The lowest BCUT2D eigenvalue weighted by atomic mass is 10.1. The van der Waals surface area contributed by atoms with Crippen molar-refractivity contribution < 1.29 is 14.0 Å². The molecule has 6 heteroatoms. The molecule has 1 heterocycles. The van der Waals surface area contributed by atoms with Crippen molar-refractivity contribution in [3.63, 3.8) is 0 Å². The van der Waals surface area contributed by atoms with Crippen LogP contribution in [-0.2, 0) is 4.79 Å². The molecule has 2 amide bonds. The van der Waals surface area contributed by atoms with Gasteiger partial charge in [-0.15, -0.1) is 0 Å². The van der Waals surface area contributed by atoms with Crippen LogP contribution in [0.2, 0.25) is 0 Å². The van der Waals surface area contributed by atoms with Crippen molar-refractivity contribution >= 4 is 50.1 Å². The summed E-state index contributed by atoms with van der Waals surface area (Å²) in [5.74, 6) is -0.311. The fourth-order valence-corrected chi connectivity index (χ4v) is 3.01. The Hall–Kier alpha value is -2.60. The van der Waals surface area contributed by atoms with Gasteiger partial charge in [-0.05, 0) is 49.7 Å². The standard InChI is InChI=1S/C19H17BrN2O3/c1-10-4-6-15(21-12(3)23)16(8-10)22-19(24)18-11(2)14-9-13(20)5-7-17(14)25-18/h4-9H,1-3H3,(H,21,23)(H,22,24). The first-order valence-electron chi connectivity index (χ1n) is 7.73. The van der Waals surface area contributed by atoms with Gasteiger partial charge >= 0.3 is 0 Å². The second-order valence-electron chi connectivity index (χ2n) is 5.88. The van der Waals surface area contributed by atoms with E-state index in [1.54, 1.807) is 12.1 Å². The lowest BCUT2D eigenvalue weighted by molar-refractivity contribution is -0.114. The zero-order chi connectivity index (χ0) is 18.1. The highest BCUT2D eigenvalue weighted by Crippen LogP contribution is 2.30. The average molecular weight is 401 g/mol. The highest BCUT2D eigenvalue weighted by Gasteiger charge is 2.19. The van der Waals surface area contributed by atoms with Crippen LogP contribution in [0.3, 0.4) is 0 Å². The summed E-state index contributed by atoms with van der Waals surface area (Å²) in [6.45, 7) is 5.18. The number of hydrogen-bond acceptors (Lipinski definition) is 3. The van der Waals surface area contributed by atoms with Crippen LogP contribution in [0.5, 0.6) is 0 Å². The first-order valence-corrected chi connectivity index (χ1v) is 8.52. The van der Waals surface area contributed by atoms with Crippen LogP contribution < -0.4 is 10.6 Å². The molecule has 0 spiro atoms. The van der Waals surface area contributed by atoms with E-state index in [0.29, 0.717) is 17.0 Å². The summed E-state index contributed by atoms with van der Waals surface area (Å²) in [7, 11) is 0. The molecular formula is C19H17BrN2O3. The van der Waals surface area contributed by atoms with Gasteiger partial charge in [-0.3, -0.25) is 9.59 Å². The molecule has 5 nitrogen and oxygen atoms in total. The van der Waals surface area contributed by atoms with Gasteiger partial charge in [0, 0.05) is 22.3 Å². The second kappa shape index (κ2) is 6.72. The lowest BCUT2D eigenvalue weighted by Gasteiger charge is -2.12. The molecule has 3 rings (SSSR count). The molecule has 0 aliphatic heterocycles. The normalized spacial score (nSPS) is 10.7. The highest BCUT2D eigenvalue weighted by molar-refractivity contribution is 9.10. The number of fused-ring (bicyclic) bond motifs is 1. The summed E-state index contributed by atoms with van der Waals surface area (Å²) in [6, 6.07) is 11.0. The van der Waals surface area contributed by atoms with Crippen LogP contribution in [0.25, 0.3) is 11.0 Å². The highest BCUT2D eigenvalue weighted by atomic mass is 79.9. The van der Waals surface area contributed by atoms with Crippen molar-refractivity contribution in [2.24, 2.45) is 0 Å². The fourth-order valence-electron chi connectivity index (χ4n) is 2.65. The number of hydrogen-bond donors (Lipinski definition) is 2. The topological polar surface area (TPSA) is 71.3 Å². The number of halogens is 1. The fraction of sp³-hybridized carbons (Fsp3) is 0.158. The Morgan fingerprint density at radius 3 is 2.48 bits per heavy atom. The van der Waals surface area contributed by atoms with E-state index in [-0.39, 0.29) is 17.6 Å². The second-order valence-corrected chi connectivity index (χ2v) is 6.80. The van der Waals surface area contributed by atoms with Crippen LogP contribution in [0.1, 0.15) is 28.6 Å². The number of amides is 2. The largest absolute Gasteiger partial charge is 0.451 e. The number of aryl methyl sites for hydroxylation is 2. The minimum atomic E-state index is -0.359. The maximum Gasteiger partial charge on any atom is 0.291 e. The van der Waals surface area contributed by atoms with Gasteiger partial charge in [0.25, 0.3) is 5.91 Å². The van der Waals surface area contributed by atoms with Crippen molar-refractivity contribution in [3.05, 3.63) is 57.8 Å². The van der Waals surface area contributed by atoms with Crippen LogP contribution in [-0.4, -0.2) is 11.8 Å². The van der Waals surface area contributed by atoms with Crippen molar-refractivity contribution in [2.45, 2.75) is 20.8 Å². The molecule has 0 atom stereocenters. The molecule has 3 aromatic rings. The Morgan fingerprint density at radius 1 is 1.00 bits per heavy atom. The summed E-state index contributed by atoms with van der Waals surface area (Å²) < 4.78 is 6.64. The maximum absolute atomic E-state index is 12.7. The third kappa shape index (κ3) is 3.58. The van der Waals surface area contributed by atoms with E-state index in [1.807, 2.05) is 38.1 Å². The van der Waals surface area contributed by atoms with Crippen LogP contribution in [0.15, 0.2) is 45.3 Å². The Morgan fingerprint density at radius 2 is 1.76 bits per heavy atom. The minimum absolute atomic E-state index is 0.205. The van der Waals surface area contributed by atoms with E-state index in [0.717, 1.165) is 21.0 Å². The summed E-state index contributed by atoms with van der Waals surface area (Å²) in [5, 5.41) is 6.43. The van der Waals surface area contributed by atoms with E-state index in [1.165, 1.54) is 6.92 Å². The summed E-state index contributed by atoms with van der Waals surface area (Å²) >= 11 is 3.42. The molecule has 0 aliphatic rings. The van der Waals surface area contributed by atoms with Crippen LogP contribution in [0.4, 0.5) is 11.4 Å². The Bertz CT molecular complexity index is 992. The number of rotatable bonds is 3. The predicted molar refractivity (Wildman–Crippen MR) is 102 cm³/mol. The van der Waals surface area contributed by atoms with Gasteiger partial charge in [-0.25, -0.2) is 0 Å². The van der Waals surface area contributed by atoms with E-state index in [4.69, 9.17) is 4.42 Å². The molecule has 25 heavy (non-hydrogen) atoms. The van der Waals surface area contributed by atoms with E-state index >= 15 is 0 Å². The molecule has 1 aromatic heterocycles. The minimum Gasteiger partial charge on any atom is -0.451 e. The molecule has 0 bridgehead atoms. The zero-order valence-corrected chi connectivity index (χ0v) is 15.7. The number of carbonyl (C=O) groups is 2. The Balaban J connectivity index is 1.96. The zero-order valence-electron chi connectivity index (χ0n) is 14.1. The molecule has 0 saturated carbocycles. The third-order valence-corrected chi connectivity index (χ3v) is 4.33. The van der Waals surface area contributed by atoms with Crippen molar-refractivity contribution in [1.82, 2.24) is 0 Å². The summed E-state index contributed by atoms with van der Waals surface area (Å²) in [6.07, 6.45) is 0. The first kappa shape index (κ1) is 17.2. The number of nitrogens with one attached hydrogen (secondary N) is 2.